The lowest BCUT2D eigenvalue weighted by atomic mass is 10.1. The Hall–Kier alpha value is -7.39. The highest BCUT2D eigenvalue weighted by molar-refractivity contribution is 7.26. The molecule has 13 aromatic rings. The van der Waals surface area contributed by atoms with E-state index in [1.54, 1.807) is 22.7 Å². The number of para-hydroxylation sites is 2. The maximum atomic E-state index is 6.48. The minimum absolute atomic E-state index is 0.479. The lowest BCUT2D eigenvalue weighted by Crippen LogP contribution is -2.16. The molecule has 0 radical (unpaired) electrons. The largest absolute Gasteiger partial charge is 0.456 e. The van der Waals surface area contributed by atoms with Gasteiger partial charge in [-0.25, -0.2) is 4.98 Å². The van der Waals surface area contributed by atoms with Crippen molar-refractivity contribution in [2.75, 3.05) is 4.90 Å². The lowest BCUT2D eigenvalue weighted by molar-refractivity contribution is 0.668. The third-order valence-corrected chi connectivity index (χ3v) is 13.6. The summed E-state index contributed by atoms with van der Waals surface area (Å²) in [7, 11) is 0. The summed E-state index contributed by atoms with van der Waals surface area (Å²) in [5.41, 5.74) is 6.76. The van der Waals surface area contributed by atoms with E-state index in [1.807, 2.05) is 48.5 Å². The fraction of sp³-hybridized carbons (Fsp3) is 0. The first kappa shape index (κ1) is 32.7. The predicted molar refractivity (Wildman–Crippen MR) is 246 cm³/mol. The average molecular weight is 793 g/mol. The molecule has 0 saturated carbocycles. The number of hydrogen-bond donors (Lipinski definition) is 0. The monoisotopic (exact) mass is 792 g/mol. The van der Waals surface area contributed by atoms with Crippen LogP contribution in [0.4, 0.5) is 17.3 Å². The lowest BCUT2D eigenvalue weighted by Gasteiger charge is -2.25. The van der Waals surface area contributed by atoms with E-state index in [1.165, 1.54) is 40.3 Å². The van der Waals surface area contributed by atoms with Gasteiger partial charge in [-0.15, -0.1) is 22.7 Å². The number of benzene rings is 8. The molecule has 0 bridgehead atoms. The minimum atomic E-state index is 0.479. The van der Waals surface area contributed by atoms with Crippen molar-refractivity contribution in [1.29, 1.82) is 0 Å². The second kappa shape index (κ2) is 12.6. The van der Waals surface area contributed by atoms with Crippen LogP contribution in [0.1, 0.15) is 0 Å². The van der Waals surface area contributed by atoms with E-state index in [-0.39, 0.29) is 0 Å². The average Bonchev–Trinajstić information content (AvgIpc) is 4.06. The molecule has 0 aliphatic rings. The van der Waals surface area contributed by atoms with Crippen molar-refractivity contribution < 1.29 is 8.83 Å². The van der Waals surface area contributed by atoms with Gasteiger partial charge < -0.3 is 8.83 Å². The van der Waals surface area contributed by atoms with Crippen molar-refractivity contribution in [2.45, 2.75) is 0 Å². The van der Waals surface area contributed by atoms with Crippen LogP contribution in [0, 0.1) is 0 Å². The zero-order valence-corrected chi connectivity index (χ0v) is 32.7. The Morgan fingerprint density at radius 1 is 0.356 bits per heavy atom. The van der Waals surface area contributed by atoms with Crippen LogP contribution in [0.2, 0.25) is 0 Å². The van der Waals surface area contributed by atoms with Gasteiger partial charge in [-0.1, -0.05) is 97.1 Å². The topological polar surface area (TPSA) is 68.2 Å². The van der Waals surface area contributed by atoms with Crippen LogP contribution in [0.5, 0.6) is 0 Å². The molecule has 0 fully saturated rings. The van der Waals surface area contributed by atoms with Gasteiger partial charge in [-0.2, -0.15) is 9.97 Å². The van der Waals surface area contributed by atoms with Crippen LogP contribution in [0.25, 0.3) is 107 Å². The summed E-state index contributed by atoms with van der Waals surface area (Å²) < 4.78 is 17.9. The number of nitrogens with zero attached hydrogens (tertiary/aromatic N) is 4. The summed E-state index contributed by atoms with van der Waals surface area (Å²) in [5, 5.41) is 8.82. The summed E-state index contributed by atoms with van der Waals surface area (Å²) in [4.78, 5) is 18.3. The Labute approximate surface area is 343 Å². The number of thiophene rings is 2. The predicted octanol–water partition coefficient (Wildman–Crippen LogP) is 15.2. The van der Waals surface area contributed by atoms with Gasteiger partial charge in [0.1, 0.15) is 22.3 Å². The number of furan rings is 2. The molecule has 0 saturated heterocycles. The molecule has 8 aromatic carbocycles. The first-order valence-electron chi connectivity index (χ1n) is 19.4. The minimum Gasteiger partial charge on any atom is -0.456 e. The SMILES string of the molecule is c1ccc2c(c1)oc1cccc(N(c3nc(-c4ccc5c(c4)sc4ccccc45)nc(-c4ccc5sc6ccccc6c5c4)n3)c3cccc4oc5ccccc5c34)c12. The van der Waals surface area contributed by atoms with E-state index in [9.17, 15) is 0 Å². The molecule has 0 amide bonds. The van der Waals surface area contributed by atoms with E-state index in [4.69, 9.17) is 23.8 Å². The normalized spacial score (nSPS) is 12.1. The second-order valence-corrected chi connectivity index (χ2v) is 16.9. The molecule has 0 atom stereocenters. The molecular weight excluding hydrogens is 765 g/mol. The molecule has 0 spiro atoms. The van der Waals surface area contributed by atoms with Gasteiger partial charge >= 0.3 is 0 Å². The zero-order chi connectivity index (χ0) is 38.6. The van der Waals surface area contributed by atoms with Crippen molar-refractivity contribution in [3.8, 4) is 22.8 Å². The number of fused-ring (bicyclic) bond motifs is 12. The maximum Gasteiger partial charge on any atom is 0.238 e. The van der Waals surface area contributed by atoms with Gasteiger partial charge in [-0.3, -0.25) is 4.90 Å². The number of hydrogen-bond acceptors (Lipinski definition) is 8. The van der Waals surface area contributed by atoms with Gasteiger partial charge in [0.15, 0.2) is 11.6 Å². The van der Waals surface area contributed by atoms with E-state index >= 15 is 0 Å². The van der Waals surface area contributed by atoms with Crippen LogP contribution < -0.4 is 4.90 Å². The van der Waals surface area contributed by atoms with Gasteiger partial charge in [-0.05, 0) is 72.8 Å². The van der Waals surface area contributed by atoms with Crippen LogP contribution in [-0.2, 0) is 0 Å². The zero-order valence-electron chi connectivity index (χ0n) is 31.1. The van der Waals surface area contributed by atoms with Crippen molar-refractivity contribution >= 4 is 124 Å². The van der Waals surface area contributed by atoms with Crippen LogP contribution >= 0.6 is 22.7 Å². The Bertz CT molecular complexity index is 3720. The van der Waals surface area contributed by atoms with Crippen LogP contribution in [-0.4, -0.2) is 15.0 Å². The van der Waals surface area contributed by atoms with Crippen molar-refractivity contribution in [3.05, 3.63) is 170 Å². The smallest absolute Gasteiger partial charge is 0.238 e. The van der Waals surface area contributed by atoms with Crippen LogP contribution in [0.15, 0.2) is 179 Å². The molecule has 276 valence electrons. The second-order valence-electron chi connectivity index (χ2n) is 14.7. The Morgan fingerprint density at radius 2 is 0.831 bits per heavy atom. The van der Waals surface area contributed by atoms with E-state index in [2.05, 4.69) is 126 Å². The first-order chi connectivity index (χ1) is 29.2. The number of anilines is 3. The number of rotatable bonds is 5. The summed E-state index contributed by atoms with van der Waals surface area (Å²) in [6, 6.07) is 59.0. The fourth-order valence-electron chi connectivity index (χ4n) is 8.68. The quantitative estimate of drug-likeness (QED) is 0.173. The maximum absolute atomic E-state index is 6.48. The molecule has 0 aliphatic carbocycles. The van der Waals surface area contributed by atoms with Crippen LogP contribution in [0.3, 0.4) is 0 Å². The van der Waals surface area contributed by atoms with Gasteiger partial charge in [0.2, 0.25) is 5.95 Å². The molecular formula is C51H28N4O2S2. The standard InChI is InChI=1S/C51H28N4O2S2/c1-5-17-39-34(13-1)47-37(15-9-19-41(47)56-39)55(38-16-10-20-42-48(38)35-14-2-6-18-40(35)57-42)51-53-49(29-24-26-45-36(27-29)32-12-4-8-22-44(32)58-45)52-50(54-51)30-23-25-33-31-11-3-7-21-43(31)59-46(33)28-30/h1-28H. The first-order valence-corrected chi connectivity index (χ1v) is 21.1. The third-order valence-electron chi connectivity index (χ3n) is 11.3. The van der Waals surface area contributed by atoms with E-state index < -0.39 is 0 Å². The molecule has 6 nitrogen and oxygen atoms in total. The Kier molecular flexibility index (Phi) is 6.95. The molecule has 0 aliphatic heterocycles. The van der Waals surface area contributed by atoms with Crippen molar-refractivity contribution in [3.63, 3.8) is 0 Å². The summed E-state index contributed by atoms with van der Waals surface area (Å²) in [5.74, 6) is 1.64. The molecule has 0 unspecified atom stereocenters. The molecule has 5 heterocycles. The highest BCUT2D eigenvalue weighted by Crippen LogP contribution is 2.47. The Balaban J connectivity index is 1.13. The summed E-state index contributed by atoms with van der Waals surface area (Å²) in [6.45, 7) is 0. The third kappa shape index (κ3) is 5.00. The summed E-state index contributed by atoms with van der Waals surface area (Å²) >= 11 is 3.58. The molecule has 5 aromatic heterocycles. The molecule has 13 rings (SSSR count). The van der Waals surface area contributed by atoms with Gasteiger partial charge in [0.05, 0.1) is 22.1 Å². The van der Waals surface area contributed by atoms with Crippen molar-refractivity contribution in [1.82, 2.24) is 15.0 Å². The summed E-state index contributed by atoms with van der Waals surface area (Å²) in [6.07, 6.45) is 0. The van der Waals surface area contributed by atoms with Gasteiger partial charge in [0, 0.05) is 62.2 Å². The fourth-order valence-corrected chi connectivity index (χ4v) is 10.9. The van der Waals surface area contributed by atoms with Gasteiger partial charge in [0.25, 0.3) is 0 Å². The number of aromatic nitrogens is 3. The molecule has 59 heavy (non-hydrogen) atoms. The highest BCUT2D eigenvalue weighted by atomic mass is 32.1. The van der Waals surface area contributed by atoms with Crippen molar-refractivity contribution in [2.24, 2.45) is 0 Å². The van der Waals surface area contributed by atoms with E-state index in [0.717, 1.165) is 66.4 Å². The highest BCUT2D eigenvalue weighted by Gasteiger charge is 2.27. The molecule has 0 N–H and O–H groups in total. The Morgan fingerprint density at radius 3 is 1.47 bits per heavy atom. The molecule has 8 heteroatoms. The van der Waals surface area contributed by atoms with E-state index in [0.29, 0.717) is 17.6 Å².